The highest BCUT2D eigenvalue weighted by atomic mass is 32.2. The van der Waals surface area contributed by atoms with Crippen LogP contribution in [-0.2, 0) is 16.6 Å². The Kier molecular flexibility index (Phi) is 7.37. The number of nitrogens with one attached hydrogen (secondary N) is 1. The Morgan fingerprint density at radius 2 is 1.73 bits per heavy atom. The summed E-state index contributed by atoms with van der Waals surface area (Å²) in [6.07, 6.45) is 7.33. The number of nitrogens with zero attached hydrogens (tertiary/aromatic N) is 1. The van der Waals surface area contributed by atoms with E-state index >= 15 is 0 Å². The van der Waals surface area contributed by atoms with Gasteiger partial charge in [0.1, 0.15) is 5.75 Å². The topological polar surface area (TPSA) is 75.7 Å². The summed E-state index contributed by atoms with van der Waals surface area (Å²) < 4.78 is 31.5. The van der Waals surface area contributed by atoms with Crippen LogP contribution in [0.2, 0.25) is 0 Å². The quantitative estimate of drug-likeness (QED) is 0.688. The Labute approximate surface area is 179 Å². The fourth-order valence-corrected chi connectivity index (χ4v) is 4.77. The molecule has 30 heavy (non-hydrogen) atoms. The minimum Gasteiger partial charge on any atom is -0.495 e. The molecule has 0 heterocycles. The van der Waals surface area contributed by atoms with Crippen molar-refractivity contribution in [2.24, 2.45) is 5.92 Å². The molecule has 0 spiro atoms. The molecule has 0 bridgehead atoms. The van der Waals surface area contributed by atoms with E-state index in [-0.39, 0.29) is 12.5 Å². The van der Waals surface area contributed by atoms with E-state index in [1.165, 1.54) is 49.8 Å². The molecule has 0 aromatic heterocycles. The number of methoxy groups -OCH3 is 1. The molecule has 162 valence electrons. The summed E-state index contributed by atoms with van der Waals surface area (Å²) in [6.45, 7) is 0.874. The van der Waals surface area contributed by atoms with Gasteiger partial charge in [-0.25, -0.2) is 8.42 Å². The number of hydrogen-bond donors (Lipinski definition) is 1. The SMILES string of the molecule is COc1ccccc1N(Cc1ccc(C(=O)NCC2CCCCC2)cc1)S(C)(=O)=O. The van der Waals surface area contributed by atoms with Gasteiger partial charge < -0.3 is 10.1 Å². The van der Waals surface area contributed by atoms with Crippen LogP contribution >= 0.6 is 0 Å². The van der Waals surface area contributed by atoms with Crippen LogP contribution in [0.5, 0.6) is 5.75 Å². The molecule has 3 rings (SSSR count). The van der Waals surface area contributed by atoms with Crippen LogP contribution < -0.4 is 14.4 Å². The number of carbonyl (C=O) groups is 1. The van der Waals surface area contributed by atoms with Crippen LogP contribution in [0.3, 0.4) is 0 Å². The van der Waals surface area contributed by atoms with E-state index in [1.54, 1.807) is 48.5 Å². The zero-order valence-electron chi connectivity index (χ0n) is 17.6. The second-order valence-electron chi connectivity index (χ2n) is 7.85. The molecule has 0 aliphatic heterocycles. The van der Waals surface area contributed by atoms with Gasteiger partial charge in [-0.3, -0.25) is 9.10 Å². The van der Waals surface area contributed by atoms with E-state index in [0.717, 1.165) is 12.1 Å². The van der Waals surface area contributed by atoms with E-state index < -0.39 is 10.0 Å². The number of rotatable bonds is 8. The monoisotopic (exact) mass is 430 g/mol. The fraction of sp³-hybridized carbons (Fsp3) is 0.435. The Bertz CT molecular complexity index is 951. The molecule has 1 saturated carbocycles. The zero-order valence-corrected chi connectivity index (χ0v) is 18.5. The van der Waals surface area contributed by atoms with Crippen molar-refractivity contribution in [1.82, 2.24) is 5.32 Å². The molecule has 0 saturated heterocycles. The van der Waals surface area contributed by atoms with Crippen molar-refractivity contribution < 1.29 is 17.9 Å². The van der Waals surface area contributed by atoms with E-state index in [4.69, 9.17) is 4.74 Å². The van der Waals surface area contributed by atoms with Gasteiger partial charge in [0, 0.05) is 12.1 Å². The molecule has 0 unspecified atom stereocenters. The lowest BCUT2D eigenvalue weighted by atomic mass is 9.89. The maximum absolute atomic E-state index is 12.5. The first-order chi connectivity index (χ1) is 14.4. The lowest BCUT2D eigenvalue weighted by Gasteiger charge is -2.24. The molecule has 2 aromatic rings. The molecular formula is C23H30N2O4S. The molecule has 1 amide bonds. The van der Waals surface area contributed by atoms with Gasteiger partial charge in [0.25, 0.3) is 5.91 Å². The highest BCUT2D eigenvalue weighted by Gasteiger charge is 2.21. The van der Waals surface area contributed by atoms with Crippen LogP contribution in [0.15, 0.2) is 48.5 Å². The third-order valence-corrected chi connectivity index (χ3v) is 6.70. The van der Waals surface area contributed by atoms with Gasteiger partial charge in [-0.15, -0.1) is 0 Å². The summed E-state index contributed by atoms with van der Waals surface area (Å²) >= 11 is 0. The summed E-state index contributed by atoms with van der Waals surface area (Å²) in [7, 11) is -2.01. The van der Waals surface area contributed by atoms with Gasteiger partial charge in [-0.05, 0) is 48.6 Å². The number of hydrogen-bond acceptors (Lipinski definition) is 4. The second kappa shape index (κ2) is 9.98. The molecule has 1 aliphatic rings. The maximum Gasteiger partial charge on any atom is 0.251 e. The summed E-state index contributed by atoms with van der Waals surface area (Å²) in [4.78, 5) is 12.5. The molecule has 7 heteroatoms. The number of ether oxygens (including phenoxy) is 1. The molecule has 1 N–H and O–H groups in total. The smallest absolute Gasteiger partial charge is 0.251 e. The van der Waals surface area contributed by atoms with Gasteiger partial charge in [-0.1, -0.05) is 43.5 Å². The van der Waals surface area contributed by atoms with Crippen LogP contribution in [0, 0.1) is 5.92 Å². The van der Waals surface area contributed by atoms with Crippen molar-refractivity contribution in [3.8, 4) is 5.75 Å². The van der Waals surface area contributed by atoms with E-state index in [2.05, 4.69) is 5.32 Å². The third kappa shape index (κ3) is 5.75. The summed E-state index contributed by atoms with van der Waals surface area (Å²) in [6, 6.07) is 14.1. The normalized spacial score (nSPS) is 14.9. The Morgan fingerprint density at radius 1 is 1.07 bits per heavy atom. The molecule has 1 fully saturated rings. The standard InChI is InChI=1S/C23H30N2O4S/c1-29-22-11-7-6-10-21(22)25(30(2,27)28)17-19-12-14-20(15-13-19)23(26)24-16-18-8-4-3-5-9-18/h6-7,10-15,18H,3-5,8-9,16-17H2,1-2H3,(H,24,26). The first-order valence-electron chi connectivity index (χ1n) is 10.4. The predicted octanol–water partition coefficient (Wildman–Crippen LogP) is 3.97. The van der Waals surface area contributed by atoms with Gasteiger partial charge in [0.2, 0.25) is 10.0 Å². The zero-order chi connectivity index (χ0) is 21.6. The van der Waals surface area contributed by atoms with Crippen LogP contribution in [-0.4, -0.2) is 34.2 Å². The largest absolute Gasteiger partial charge is 0.495 e. The van der Waals surface area contributed by atoms with E-state index in [1.807, 2.05) is 0 Å². The number of amides is 1. The Hall–Kier alpha value is -2.54. The van der Waals surface area contributed by atoms with Crippen molar-refractivity contribution in [2.75, 3.05) is 24.2 Å². The number of anilines is 1. The van der Waals surface area contributed by atoms with Crippen molar-refractivity contribution in [3.05, 3.63) is 59.7 Å². The molecule has 0 atom stereocenters. The predicted molar refractivity (Wildman–Crippen MR) is 119 cm³/mol. The maximum atomic E-state index is 12.5. The average Bonchev–Trinajstić information content (AvgIpc) is 2.76. The molecule has 0 radical (unpaired) electrons. The Morgan fingerprint density at radius 3 is 2.37 bits per heavy atom. The summed E-state index contributed by atoms with van der Waals surface area (Å²) in [5.41, 5.74) is 1.85. The lowest BCUT2D eigenvalue weighted by Crippen LogP contribution is -2.30. The summed E-state index contributed by atoms with van der Waals surface area (Å²) in [5.74, 6) is 0.976. The van der Waals surface area contributed by atoms with Gasteiger partial charge in [0.15, 0.2) is 0 Å². The molecular weight excluding hydrogens is 400 g/mol. The average molecular weight is 431 g/mol. The van der Waals surface area contributed by atoms with E-state index in [0.29, 0.717) is 22.9 Å². The lowest BCUT2D eigenvalue weighted by molar-refractivity contribution is 0.0943. The van der Waals surface area contributed by atoms with Gasteiger partial charge in [-0.2, -0.15) is 0 Å². The van der Waals surface area contributed by atoms with Crippen LogP contribution in [0.1, 0.15) is 48.0 Å². The number of benzene rings is 2. The second-order valence-corrected chi connectivity index (χ2v) is 9.76. The number of sulfonamides is 1. The number of para-hydroxylation sites is 2. The van der Waals surface area contributed by atoms with Gasteiger partial charge >= 0.3 is 0 Å². The summed E-state index contributed by atoms with van der Waals surface area (Å²) in [5, 5.41) is 3.03. The minimum absolute atomic E-state index is 0.0863. The highest BCUT2D eigenvalue weighted by molar-refractivity contribution is 7.92. The van der Waals surface area contributed by atoms with E-state index in [9.17, 15) is 13.2 Å². The molecule has 1 aliphatic carbocycles. The van der Waals surface area contributed by atoms with Crippen LogP contribution in [0.4, 0.5) is 5.69 Å². The van der Waals surface area contributed by atoms with Crippen molar-refractivity contribution in [3.63, 3.8) is 0 Å². The minimum atomic E-state index is -3.52. The first kappa shape index (κ1) is 22.2. The van der Waals surface area contributed by atoms with Crippen molar-refractivity contribution in [2.45, 2.75) is 38.6 Å². The third-order valence-electron chi connectivity index (χ3n) is 5.57. The molecule has 2 aromatic carbocycles. The number of carbonyl (C=O) groups excluding carboxylic acids is 1. The Balaban J connectivity index is 1.69. The molecule has 6 nitrogen and oxygen atoms in total. The highest BCUT2D eigenvalue weighted by Crippen LogP contribution is 2.31. The van der Waals surface area contributed by atoms with Crippen LogP contribution in [0.25, 0.3) is 0 Å². The van der Waals surface area contributed by atoms with Crippen molar-refractivity contribution >= 4 is 21.6 Å². The van der Waals surface area contributed by atoms with Gasteiger partial charge in [0.05, 0.1) is 25.6 Å². The first-order valence-corrected chi connectivity index (χ1v) is 12.2. The van der Waals surface area contributed by atoms with Crippen molar-refractivity contribution in [1.29, 1.82) is 0 Å². The fourth-order valence-electron chi connectivity index (χ4n) is 3.87.